The molecule has 3 nitrogen and oxygen atoms in total. The summed E-state index contributed by atoms with van der Waals surface area (Å²) in [5.74, 6) is 0.816. The Morgan fingerprint density at radius 2 is 2.29 bits per heavy atom. The number of fused-ring (bicyclic) bond motifs is 1. The Bertz CT molecular complexity index is 434. The number of aromatic nitrogens is 1. The minimum Gasteiger partial charge on any atom is -0.441 e. The second-order valence-electron chi connectivity index (χ2n) is 3.36. The van der Waals surface area contributed by atoms with Crippen LogP contribution in [0.1, 0.15) is 24.8 Å². The number of oxazole rings is 1. The van der Waals surface area contributed by atoms with Crippen LogP contribution in [-0.4, -0.2) is 4.98 Å². The fourth-order valence-corrected chi connectivity index (χ4v) is 1.47. The predicted molar refractivity (Wildman–Crippen MR) is 55.9 cm³/mol. The minimum absolute atomic E-state index is 0.548. The fourth-order valence-electron chi connectivity index (χ4n) is 1.47. The maximum absolute atomic E-state index is 5.56. The van der Waals surface area contributed by atoms with Crippen LogP contribution < -0.4 is 5.73 Å². The summed E-state index contributed by atoms with van der Waals surface area (Å²) in [6.07, 6.45) is 1.95. The number of hydrogen-bond acceptors (Lipinski definition) is 3. The van der Waals surface area contributed by atoms with Gasteiger partial charge in [-0.05, 0) is 24.1 Å². The first-order valence-corrected chi connectivity index (χ1v) is 4.92. The van der Waals surface area contributed by atoms with Crippen LogP contribution in [0.15, 0.2) is 22.6 Å². The molecule has 1 heterocycles. The van der Waals surface area contributed by atoms with Crippen molar-refractivity contribution in [3.05, 3.63) is 29.7 Å². The van der Waals surface area contributed by atoms with Gasteiger partial charge in [-0.15, -0.1) is 0 Å². The van der Waals surface area contributed by atoms with Crippen LogP contribution in [0, 0.1) is 0 Å². The minimum atomic E-state index is 0.548. The number of aryl methyl sites for hydroxylation is 1. The predicted octanol–water partition coefficient (Wildman–Crippen LogP) is 2.24. The van der Waals surface area contributed by atoms with Gasteiger partial charge in [0.05, 0.1) is 0 Å². The monoisotopic (exact) mass is 190 g/mol. The zero-order valence-electron chi connectivity index (χ0n) is 8.29. The van der Waals surface area contributed by atoms with E-state index in [4.69, 9.17) is 10.2 Å². The largest absolute Gasteiger partial charge is 0.441 e. The quantitative estimate of drug-likeness (QED) is 0.807. The molecular formula is C11H14N2O. The molecule has 0 spiro atoms. The molecule has 0 atom stereocenters. The molecule has 14 heavy (non-hydrogen) atoms. The lowest BCUT2D eigenvalue weighted by Gasteiger charge is -1.92. The molecule has 3 heteroatoms. The molecule has 0 saturated heterocycles. The molecule has 0 amide bonds. The second-order valence-corrected chi connectivity index (χ2v) is 3.36. The highest BCUT2D eigenvalue weighted by atomic mass is 16.3. The second kappa shape index (κ2) is 3.80. The standard InChI is InChI=1S/C11H14N2O/c1-2-3-11-13-9-6-8(7-12)4-5-10(9)14-11/h4-6H,2-3,7,12H2,1H3. The summed E-state index contributed by atoms with van der Waals surface area (Å²) in [6, 6.07) is 5.89. The first-order chi connectivity index (χ1) is 6.83. The maximum Gasteiger partial charge on any atom is 0.195 e. The van der Waals surface area contributed by atoms with Crippen molar-refractivity contribution in [2.24, 2.45) is 5.73 Å². The van der Waals surface area contributed by atoms with Crippen LogP contribution in [-0.2, 0) is 13.0 Å². The van der Waals surface area contributed by atoms with Crippen molar-refractivity contribution >= 4 is 11.1 Å². The zero-order chi connectivity index (χ0) is 9.97. The Hall–Kier alpha value is -1.35. The van der Waals surface area contributed by atoms with Crippen molar-refractivity contribution in [2.45, 2.75) is 26.3 Å². The molecule has 0 unspecified atom stereocenters. The summed E-state index contributed by atoms with van der Waals surface area (Å²) >= 11 is 0. The Balaban J connectivity index is 2.43. The normalized spacial score (nSPS) is 11.0. The molecule has 1 aromatic heterocycles. The van der Waals surface area contributed by atoms with E-state index < -0.39 is 0 Å². The Labute approximate surface area is 82.9 Å². The van der Waals surface area contributed by atoms with E-state index in [1.165, 1.54) is 0 Å². The highest BCUT2D eigenvalue weighted by Crippen LogP contribution is 2.17. The lowest BCUT2D eigenvalue weighted by Crippen LogP contribution is -1.94. The molecule has 0 radical (unpaired) electrons. The molecule has 2 rings (SSSR count). The van der Waals surface area contributed by atoms with Crippen molar-refractivity contribution < 1.29 is 4.42 Å². The third kappa shape index (κ3) is 1.63. The summed E-state index contributed by atoms with van der Waals surface area (Å²) in [5, 5.41) is 0. The first-order valence-electron chi connectivity index (χ1n) is 4.92. The van der Waals surface area contributed by atoms with Gasteiger partial charge in [0.1, 0.15) is 5.52 Å². The average molecular weight is 190 g/mol. The SMILES string of the molecule is CCCc1nc2cc(CN)ccc2o1. The summed E-state index contributed by atoms with van der Waals surface area (Å²) < 4.78 is 5.56. The Kier molecular flexibility index (Phi) is 2.50. The lowest BCUT2D eigenvalue weighted by molar-refractivity contribution is 0.525. The molecule has 2 N–H and O–H groups in total. The molecular weight excluding hydrogens is 176 g/mol. The molecule has 0 aliphatic rings. The van der Waals surface area contributed by atoms with E-state index in [1.54, 1.807) is 0 Å². The molecule has 74 valence electrons. The number of nitrogens with zero attached hydrogens (tertiary/aromatic N) is 1. The molecule has 1 aromatic carbocycles. The van der Waals surface area contributed by atoms with Gasteiger partial charge in [0, 0.05) is 13.0 Å². The van der Waals surface area contributed by atoms with Gasteiger partial charge in [-0.1, -0.05) is 13.0 Å². The zero-order valence-corrected chi connectivity index (χ0v) is 8.29. The van der Waals surface area contributed by atoms with Gasteiger partial charge in [-0.25, -0.2) is 4.98 Å². The van der Waals surface area contributed by atoms with Crippen LogP contribution in [0.3, 0.4) is 0 Å². The van der Waals surface area contributed by atoms with Gasteiger partial charge in [-0.2, -0.15) is 0 Å². The van der Waals surface area contributed by atoms with Crippen molar-refractivity contribution in [3.63, 3.8) is 0 Å². The maximum atomic E-state index is 5.56. The summed E-state index contributed by atoms with van der Waals surface area (Å²) in [5.41, 5.74) is 8.41. The van der Waals surface area contributed by atoms with Gasteiger partial charge in [0.15, 0.2) is 11.5 Å². The van der Waals surface area contributed by atoms with E-state index in [-0.39, 0.29) is 0 Å². The van der Waals surface area contributed by atoms with Crippen LogP contribution in [0.4, 0.5) is 0 Å². The van der Waals surface area contributed by atoms with Crippen LogP contribution in [0.2, 0.25) is 0 Å². The van der Waals surface area contributed by atoms with Crippen LogP contribution >= 0.6 is 0 Å². The van der Waals surface area contributed by atoms with Gasteiger partial charge >= 0.3 is 0 Å². The molecule has 0 aliphatic heterocycles. The summed E-state index contributed by atoms with van der Waals surface area (Å²) in [7, 11) is 0. The topological polar surface area (TPSA) is 52.0 Å². The van der Waals surface area contributed by atoms with E-state index in [0.717, 1.165) is 35.4 Å². The fraction of sp³-hybridized carbons (Fsp3) is 0.364. The third-order valence-electron chi connectivity index (χ3n) is 2.20. The third-order valence-corrected chi connectivity index (χ3v) is 2.20. The molecule has 0 aliphatic carbocycles. The molecule has 0 bridgehead atoms. The number of hydrogen-bond donors (Lipinski definition) is 1. The first kappa shape index (κ1) is 9.21. The summed E-state index contributed by atoms with van der Waals surface area (Å²) in [6.45, 7) is 2.66. The van der Waals surface area contributed by atoms with E-state index in [1.807, 2.05) is 18.2 Å². The van der Waals surface area contributed by atoms with Crippen LogP contribution in [0.5, 0.6) is 0 Å². The van der Waals surface area contributed by atoms with E-state index in [0.29, 0.717) is 6.54 Å². The Morgan fingerprint density at radius 3 is 3.00 bits per heavy atom. The van der Waals surface area contributed by atoms with Crippen LogP contribution in [0.25, 0.3) is 11.1 Å². The average Bonchev–Trinajstić information content (AvgIpc) is 2.59. The Morgan fingerprint density at radius 1 is 1.43 bits per heavy atom. The van der Waals surface area contributed by atoms with Crippen molar-refractivity contribution in [3.8, 4) is 0 Å². The number of benzene rings is 1. The lowest BCUT2D eigenvalue weighted by atomic mass is 10.2. The summed E-state index contributed by atoms with van der Waals surface area (Å²) in [4.78, 5) is 4.39. The molecule has 0 saturated carbocycles. The van der Waals surface area contributed by atoms with Crippen molar-refractivity contribution in [1.29, 1.82) is 0 Å². The molecule has 0 fully saturated rings. The van der Waals surface area contributed by atoms with Gasteiger partial charge in [-0.3, -0.25) is 0 Å². The van der Waals surface area contributed by atoms with Gasteiger partial charge < -0.3 is 10.2 Å². The van der Waals surface area contributed by atoms with E-state index in [2.05, 4.69) is 11.9 Å². The van der Waals surface area contributed by atoms with Crippen molar-refractivity contribution in [1.82, 2.24) is 4.98 Å². The smallest absolute Gasteiger partial charge is 0.195 e. The van der Waals surface area contributed by atoms with E-state index in [9.17, 15) is 0 Å². The van der Waals surface area contributed by atoms with Gasteiger partial charge in [0.25, 0.3) is 0 Å². The van der Waals surface area contributed by atoms with Crippen molar-refractivity contribution in [2.75, 3.05) is 0 Å². The van der Waals surface area contributed by atoms with Gasteiger partial charge in [0.2, 0.25) is 0 Å². The number of nitrogens with two attached hydrogens (primary N) is 1. The highest BCUT2D eigenvalue weighted by Gasteiger charge is 2.04. The highest BCUT2D eigenvalue weighted by molar-refractivity contribution is 5.73. The molecule has 2 aromatic rings. The van der Waals surface area contributed by atoms with E-state index >= 15 is 0 Å². The number of rotatable bonds is 3.